The van der Waals surface area contributed by atoms with E-state index >= 15 is 0 Å². The molecule has 1 saturated heterocycles. The van der Waals surface area contributed by atoms with Crippen LogP contribution in [0.25, 0.3) is 0 Å². The van der Waals surface area contributed by atoms with Crippen molar-refractivity contribution in [3.8, 4) is 0 Å². The molecule has 0 radical (unpaired) electrons. The van der Waals surface area contributed by atoms with Crippen LogP contribution in [-0.2, 0) is 10.0 Å². The lowest BCUT2D eigenvalue weighted by Crippen LogP contribution is -2.34. The van der Waals surface area contributed by atoms with Gasteiger partial charge in [-0.15, -0.1) is 0 Å². The Morgan fingerprint density at radius 1 is 1.07 bits per heavy atom. The molecule has 6 nitrogen and oxygen atoms in total. The molecule has 7 heteroatoms. The highest BCUT2D eigenvalue weighted by molar-refractivity contribution is 7.92. The first-order chi connectivity index (χ1) is 12.9. The summed E-state index contributed by atoms with van der Waals surface area (Å²) in [5, 5.41) is 3.26. The van der Waals surface area contributed by atoms with Crippen LogP contribution in [0.4, 0.5) is 5.69 Å². The van der Waals surface area contributed by atoms with Gasteiger partial charge in [-0.2, -0.15) is 0 Å². The fraction of sp³-hybridized carbons (Fsp3) is 0.350. The molecule has 27 heavy (non-hydrogen) atoms. The van der Waals surface area contributed by atoms with Crippen molar-refractivity contribution in [2.45, 2.75) is 25.2 Å². The highest BCUT2D eigenvalue weighted by Gasteiger charge is 2.22. The minimum atomic E-state index is -3.79. The normalized spacial score (nSPS) is 15.3. The standard InChI is InChI=1S/C20H25N3O3S/c1-15-5-3-6-18(13-15)22-27(25,26)19-14-17(8-7-16(19)2)20(24)23-11-4-9-21-10-12-23/h3,5-8,13-14,21-22H,4,9-12H2,1-2H3. The average molecular weight is 388 g/mol. The zero-order valence-electron chi connectivity index (χ0n) is 15.7. The van der Waals surface area contributed by atoms with Gasteiger partial charge in [0.1, 0.15) is 0 Å². The van der Waals surface area contributed by atoms with E-state index in [4.69, 9.17) is 0 Å². The van der Waals surface area contributed by atoms with Gasteiger partial charge in [-0.25, -0.2) is 8.42 Å². The molecular weight excluding hydrogens is 362 g/mol. The monoisotopic (exact) mass is 387 g/mol. The number of nitrogens with zero attached hydrogens (tertiary/aromatic N) is 1. The van der Waals surface area contributed by atoms with E-state index in [1.807, 2.05) is 13.0 Å². The predicted octanol–water partition coefficient (Wildman–Crippen LogP) is 2.54. The Morgan fingerprint density at radius 3 is 2.67 bits per heavy atom. The number of hydrogen-bond donors (Lipinski definition) is 2. The minimum absolute atomic E-state index is 0.128. The maximum absolute atomic E-state index is 12.9. The van der Waals surface area contributed by atoms with Crippen LogP contribution < -0.4 is 10.0 Å². The molecule has 1 amide bonds. The van der Waals surface area contributed by atoms with E-state index in [9.17, 15) is 13.2 Å². The molecule has 1 fully saturated rings. The van der Waals surface area contributed by atoms with Gasteiger partial charge in [-0.05, 0) is 62.2 Å². The Balaban J connectivity index is 1.89. The Hall–Kier alpha value is -2.38. The van der Waals surface area contributed by atoms with Crippen molar-refractivity contribution in [3.63, 3.8) is 0 Å². The number of anilines is 1. The zero-order chi connectivity index (χ0) is 19.4. The van der Waals surface area contributed by atoms with Gasteiger partial charge < -0.3 is 10.2 Å². The summed E-state index contributed by atoms with van der Waals surface area (Å²) < 4.78 is 28.4. The van der Waals surface area contributed by atoms with Crippen LogP contribution in [0, 0.1) is 13.8 Å². The smallest absolute Gasteiger partial charge is 0.262 e. The second-order valence-electron chi connectivity index (χ2n) is 6.85. The maximum Gasteiger partial charge on any atom is 0.262 e. The molecule has 3 rings (SSSR count). The first-order valence-electron chi connectivity index (χ1n) is 9.07. The molecule has 0 atom stereocenters. The number of carbonyl (C=O) groups excluding carboxylic acids is 1. The first-order valence-corrected chi connectivity index (χ1v) is 10.6. The number of sulfonamides is 1. The fourth-order valence-electron chi connectivity index (χ4n) is 3.17. The maximum atomic E-state index is 12.9. The molecule has 0 unspecified atom stereocenters. The zero-order valence-corrected chi connectivity index (χ0v) is 16.5. The molecule has 1 aliphatic rings. The van der Waals surface area contributed by atoms with Crippen LogP contribution in [0.5, 0.6) is 0 Å². The van der Waals surface area contributed by atoms with Crippen LogP contribution in [0.1, 0.15) is 27.9 Å². The number of nitrogens with one attached hydrogen (secondary N) is 2. The molecule has 2 aromatic rings. The summed E-state index contributed by atoms with van der Waals surface area (Å²) in [6.45, 7) is 6.56. The van der Waals surface area contributed by atoms with Gasteiger partial charge in [0.05, 0.1) is 4.90 Å². The van der Waals surface area contributed by atoms with Crippen molar-refractivity contribution in [2.75, 3.05) is 30.9 Å². The van der Waals surface area contributed by atoms with Crippen molar-refractivity contribution in [2.24, 2.45) is 0 Å². The van der Waals surface area contributed by atoms with E-state index in [-0.39, 0.29) is 10.8 Å². The lowest BCUT2D eigenvalue weighted by Gasteiger charge is -2.20. The van der Waals surface area contributed by atoms with Crippen LogP contribution in [0.3, 0.4) is 0 Å². The number of rotatable bonds is 4. The summed E-state index contributed by atoms with van der Waals surface area (Å²) in [5.74, 6) is -0.134. The molecular formula is C20H25N3O3S. The SMILES string of the molecule is Cc1cccc(NS(=O)(=O)c2cc(C(=O)N3CCCNCC3)ccc2C)c1. The highest BCUT2D eigenvalue weighted by Crippen LogP contribution is 2.22. The lowest BCUT2D eigenvalue weighted by molar-refractivity contribution is 0.0766. The molecule has 0 aliphatic carbocycles. The van der Waals surface area contributed by atoms with Gasteiger partial charge in [0, 0.05) is 30.9 Å². The first kappa shape index (κ1) is 19.4. The van der Waals surface area contributed by atoms with E-state index < -0.39 is 10.0 Å². The number of aryl methyl sites for hydroxylation is 2. The van der Waals surface area contributed by atoms with Crippen molar-refractivity contribution in [1.82, 2.24) is 10.2 Å². The summed E-state index contributed by atoms with van der Waals surface area (Å²) in [4.78, 5) is 14.7. The van der Waals surface area contributed by atoms with Gasteiger partial charge in [0.15, 0.2) is 0 Å². The van der Waals surface area contributed by atoms with Gasteiger partial charge in [0.25, 0.3) is 15.9 Å². The van der Waals surface area contributed by atoms with Gasteiger partial charge in [-0.1, -0.05) is 18.2 Å². The van der Waals surface area contributed by atoms with Crippen molar-refractivity contribution < 1.29 is 13.2 Å². The number of benzene rings is 2. The second kappa shape index (κ2) is 8.10. The van der Waals surface area contributed by atoms with Gasteiger partial charge in [0.2, 0.25) is 0 Å². The van der Waals surface area contributed by atoms with Gasteiger partial charge >= 0.3 is 0 Å². The van der Waals surface area contributed by atoms with E-state index in [1.54, 1.807) is 42.2 Å². The second-order valence-corrected chi connectivity index (χ2v) is 8.50. The predicted molar refractivity (Wildman–Crippen MR) is 107 cm³/mol. The van der Waals surface area contributed by atoms with Crippen molar-refractivity contribution in [3.05, 3.63) is 59.2 Å². The molecule has 2 N–H and O–H groups in total. The number of amides is 1. The Bertz CT molecular complexity index is 933. The lowest BCUT2D eigenvalue weighted by atomic mass is 10.1. The molecule has 2 aromatic carbocycles. The Kier molecular flexibility index (Phi) is 5.82. The van der Waals surface area contributed by atoms with Crippen LogP contribution in [-0.4, -0.2) is 45.4 Å². The van der Waals surface area contributed by atoms with Crippen molar-refractivity contribution >= 4 is 21.6 Å². The van der Waals surface area contributed by atoms with E-state index in [0.29, 0.717) is 29.9 Å². The summed E-state index contributed by atoms with van der Waals surface area (Å²) in [7, 11) is -3.79. The third-order valence-corrected chi connectivity index (χ3v) is 6.15. The van der Waals surface area contributed by atoms with E-state index in [0.717, 1.165) is 25.1 Å². The molecule has 0 aromatic heterocycles. The van der Waals surface area contributed by atoms with Crippen LogP contribution in [0.15, 0.2) is 47.4 Å². The topological polar surface area (TPSA) is 78.5 Å². The van der Waals surface area contributed by atoms with Crippen molar-refractivity contribution in [1.29, 1.82) is 0 Å². The summed E-state index contributed by atoms with van der Waals surface area (Å²) >= 11 is 0. The minimum Gasteiger partial charge on any atom is -0.337 e. The largest absolute Gasteiger partial charge is 0.337 e. The fourth-order valence-corrected chi connectivity index (χ4v) is 4.49. The Labute approximate surface area is 160 Å². The quantitative estimate of drug-likeness (QED) is 0.845. The molecule has 1 aliphatic heterocycles. The molecule has 0 saturated carbocycles. The average Bonchev–Trinajstić information content (AvgIpc) is 2.90. The van der Waals surface area contributed by atoms with E-state index in [2.05, 4.69) is 10.0 Å². The Morgan fingerprint density at radius 2 is 1.89 bits per heavy atom. The summed E-state index contributed by atoms with van der Waals surface area (Å²) in [6.07, 6.45) is 0.887. The third-order valence-electron chi connectivity index (χ3n) is 4.62. The summed E-state index contributed by atoms with van der Waals surface area (Å²) in [6, 6.07) is 12.0. The highest BCUT2D eigenvalue weighted by atomic mass is 32.2. The number of carbonyl (C=O) groups is 1. The summed E-state index contributed by atoms with van der Waals surface area (Å²) in [5.41, 5.74) is 2.46. The molecule has 1 heterocycles. The molecule has 144 valence electrons. The van der Waals surface area contributed by atoms with Crippen LogP contribution in [0.2, 0.25) is 0 Å². The molecule has 0 bridgehead atoms. The number of hydrogen-bond acceptors (Lipinski definition) is 4. The van der Waals surface area contributed by atoms with Crippen LogP contribution >= 0.6 is 0 Å². The third kappa shape index (κ3) is 4.67. The molecule has 0 spiro atoms. The van der Waals surface area contributed by atoms with E-state index in [1.165, 1.54) is 6.07 Å². The van der Waals surface area contributed by atoms with Gasteiger partial charge in [-0.3, -0.25) is 9.52 Å².